The highest BCUT2D eigenvalue weighted by Gasteiger charge is 2.25. The number of likely N-dealkylation sites (N-methyl/N-ethyl adjacent to an activating group) is 1. The van der Waals surface area contributed by atoms with Crippen molar-refractivity contribution in [2.24, 2.45) is 0 Å². The Balaban J connectivity index is 1.96. The zero-order chi connectivity index (χ0) is 29.9. The molecule has 1 N–H and O–H groups in total. The van der Waals surface area contributed by atoms with Crippen molar-refractivity contribution in [3.63, 3.8) is 0 Å². The number of hydrogen-bond donors (Lipinski definition) is 1. The third-order valence-electron chi connectivity index (χ3n) is 8.17. The quantitative estimate of drug-likeness (QED) is 0.0502. The number of unbranched alkanes of at least 4 members (excludes halogenated alkanes) is 16. The van der Waals surface area contributed by atoms with Gasteiger partial charge in [0, 0.05) is 13.2 Å². The molecule has 1 saturated heterocycles. The van der Waals surface area contributed by atoms with Crippen molar-refractivity contribution in [3.05, 3.63) is 0 Å². The molecule has 1 aliphatic rings. The molecule has 9 heteroatoms. The fraction of sp³-hybridized carbons (Fsp3) is 1.00. The lowest BCUT2D eigenvalue weighted by molar-refractivity contribution is -0.917. The second-order valence-corrected chi connectivity index (χ2v) is 13.6. The normalized spacial score (nSPS) is 17.5. The third-order valence-corrected chi connectivity index (χ3v) is 9.15. The fourth-order valence-electron chi connectivity index (χ4n) is 5.34. The van der Waals surface area contributed by atoms with Crippen molar-refractivity contribution in [2.45, 2.75) is 136 Å². The number of phosphoric acid groups is 1. The van der Waals surface area contributed by atoms with E-state index < -0.39 is 7.82 Å². The summed E-state index contributed by atoms with van der Waals surface area (Å²) in [6, 6.07) is 0. The van der Waals surface area contributed by atoms with Crippen molar-refractivity contribution in [1.82, 2.24) is 0 Å². The molecule has 0 amide bonds. The summed E-state index contributed by atoms with van der Waals surface area (Å²) in [6.45, 7) is 11.0. The first kappa shape index (κ1) is 39.0. The largest absolute Gasteiger partial charge is 0.472 e. The van der Waals surface area contributed by atoms with Crippen molar-refractivity contribution >= 4 is 7.82 Å². The molecule has 0 radical (unpaired) electrons. The van der Waals surface area contributed by atoms with Gasteiger partial charge in [-0.3, -0.25) is 9.05 Å². The Morgan fingerprint density at radius 3 is 1.78 bits per heavy atom. The minimum absolute atomic E-state index is 0.0133. The molecule has 246 valence electrons. The molecule has 1 aliphatic heterocycles. The predicted molar refractivity (Wildman–Crippen MR) is 168 cm³/mol. The van der Waals surface area contributed by atoms with Crippen LogP contribution in [0.1, 0.15) is 129 Å². The van der Waals surface area contributed by atoms with Gasteiger partial charge in [-0.15, -0.1) is 0 Å². The maximum Gasteiger partial charge on any atom is 0.472 e. The Bertz CT molecular complexity index is 619. The average Bonchev–Trinajstić information content (AvgIpc) is 2.95. The van der Waals surface area contributed by atoms with E-state index in [9.17, 15) is 9.46 Å². The van der Waals surface area contributed by atoms with Gasteiger partial charge in [-0.1, -0.05) is 96.8 Å². The van der Waals surface area contributed by atoms with Gasteiger partial charge in [0.2, 0.25) is 0 Å². The van der Waals surface area contributed by atoms with Crippen LogP contribution in [0.15, 0.2) is 0 Å². The average molecular weight is 609 g/mol. The molecule has 8 nitrogen and oxygen atoms in total. The van der Waals surface area contributed by atoms with Gasteiger partial charge in [-0.05, 0) is 32.6 Å². The van der Waals surface area contributed by atoms with E-state index in [-0.39, 0.29) is 19.3 Å². The van der Waals surface area contributed by atoms with Crippen molar-refractivity contribution < 1.29 is 37.2 Å². The molecule has 0 spiro atoms. The molecule has 41 heavy (non-hydrogen) atoms. The summed E-state index contributed by atoms with van der Waals surface area (Å²) in [4.78, 5) is 10.1. The minimum atomic E-state index is -4.09. The SMILES string of the molecule is CCCCCCCCCCCCCCCCOCC(COP(=O)(O)OCCCCCC[N+]1(C)CCOCC1)OCC. The Labute approximate surface area is 253 Å². The fourth-order valence-corrected chi connectivity index (χ4v) is 6.13. The van der Waals surface area contributed by atoms with Gasteiger partial charge in [-0.2, -0.15) is 0 Å². The van der Waals surface area contributed by atoms with Crippen LogP contribution >= 0.6 is 7.82 Å². The molecule has 0 saturated carbocycles. The molecule has 0 aromatic rings. The molecule has 1 rings (SSSR count). The van der Waals surface area contributed by atoms with Crippen LogP contribution in [-0.4, -0.2) is 88.4 Å². The number of hydrogen-bond acceptors (Lipinski definition) is 6. The van der Waals surface area contributed by atoms with Crippen LogP contribution in [0.4, 0.5) is 0 Å². The highest BCUT2D eigenvalue weighted by molar-refractivity contribution is 7.47. The summed E-state index contributed by atoms with van der Waals surface area (Å²) in [5.74, 6) is 0. The van der Waals surface area contributed by atoms with Crippen LogP contribution in [0.5, 0.6) is 0 Å². The number of quaternary nitrogens is 1. The first-order valence-electron chi connectivity index (χ1n) is 17.1. The standard InChI is InChI=1S/C32H66NO7P/c1-4-6-7-8-9-10-11-12-13-14-15-16-18-21-26-37-30-32(38-5-2)31-40-41(34,35)39-27-22-19-17-20-23-33(3)24-28-36-29-25-33/h32H,4-31H2,1-3H3/p+1. The van der Waals surface area contributed by atoms with Gasteiger partial charge in [-0.25, -0.2) is 4.57 Å². The van der Waals surface area contributed by atoms with Crippen molar-refractivity contribution in [1.29, 1.82) is 0 Å². The zero-order valence-electron chi connectivity index (χ0n) is 27.2. The Morgan fingerprint density at radius 1 is 0.707 bits per heavy atom. The van der Waals surface area contributed by atoms with E-state index in [1.807, 2.05) is 6.92 Å². The van der Waals surface area contributed by atoms with Crippen LogP contribution in [-0.2, 0) is 27.8 Å². The van der Waals surface area contributed by atoms with Gasteiger partial charge in [0.1, 0.15) is 19.2 Å². The molecule has 2 unspecified atom stereocenters. The molecule has 2 atom stereocenters. The molecule has 0 aromatic carbocycles. The number of ether oxygens (including phenoxy) is 3. The lowest BCUT2D eigenvalue weighted by Crippen LogP contribution is -2.52. The molecule has 0 aromatic heterocycles. The monoisotopic (exact) mass is 608 g/mol. The number of rotatable bonds is 30. The van der Waals surface area contributed by atoms with Crippen LogP contribution in [0.2, 0.25) is 0 Å². The van der Waals surface area contributed by atoms with Crippen molar-refractivity contribution in [3.8, 4) is 0 Å². The first-order valence-corrected chi connectivity index (χ1v) is 18.6. The van der Waals surface area contributed by atoms with Gasteiger partial charge in [0.25, 0.3) is 0 Å². The topological polar surface area (TPSA) is 83.5 Å². The van der Waals surface area contributed by atoms with Crippen LogP contribution in [0.3, 0.4) is 0 Å². The third kappa shape index (κ3) is 24.0. The smallest absolute Gasteiger partial charge is 0.379 e. The van der Waals surface area contributed by atoms with E-state index in [0.29, 0.717) is 19.8 Å². The zero-order valence-corrected chi connectivity index (χ0v) is 28.1. The minimum Gasteiger partial charge on any atom is -0.379 e. The molecule has 1 fully saturated rings. The van der Waals surface area contributed by atoms with Gasteiger partial charge >= 0.3 is 7.82 Å². The summed E-state index contributed by atoms with van der Waals surface area (Å²) in [7, 11) is -1.79. The maximum absolute atomic E-state index is 12.3. The van der Waals surface area contributed by atoms with E-state index in [1.54, 1.807) is 0 Å². The van der Waals surface area contributed by atoms with Gasteiger partial charge in [0.15, 0.2) is 0 Å². The molecule has 0 bridgehead atoms. The van der Waals surface area contributed by atoms with E-state index in [1.165, 1.54) is 83.5 Å². The Kier molecular flexibility index (Phi) is 25.1. The van der Waals surface area contributed by atoms with Crippen LogP contribution in [0, 0.1) is 0 Å². The van der Waals surface area contributed by atoms with E-state index in [4.69, 9.17) is 23.3 Å². The maximum atomic E-state index is 12.3. The summed E-state index contributed by atoms with van der Waals surface area (Å²) in [5, 5.41) is 0. The van der Waals surface area contributed by atoms with Gasteiger partial charge in [0.05, 0.1) is 46.6 Å². The molecular formula is C32H67NO7P+. The lowest BCUT2D eigenvalue weighted by atomic mass is 10.0. The van der Waals surface area contributed by atoms with Gasteiger partial charge < -0.3 is 23.6 Å². The summed E-state index contributed by atoms with van der Waals surface area (Å²) >= 11 is 0. The summed E-state index contributed by atoms with van der Waals surface area (Å²) < 4.78 is 40.6. The number of morpholine rings is 1. The Hall–Kier alpha value is -0.0500. The second-order valence-electron chi connectivity index (χ2n) is 12.2. The van der Waals surface area contributed by atoms with Crippen LogP contribution < -0.4 is 0 Å². The summed E-state index contributed by atoms with van der Waals surface area (Å²) in [6.07, 6.45) is 22.3. The van der Waals surface area contributed by atoms with E-state index in [0.717, 1.165) is 69.4 Å². The number of phosphoric ester groups is 1. The lowest BCUT2D eigenvalue weighted by Gasteiger charge is -2.37. The van der Waals surface area contributed by atoms with E-state index >= 15 is 0 Å². The second kappa shape index (κ2) is 26.4. The highest BCUT2D eigenvalue weighted by atomic mass is 31.2. The highest BCUT2D eigenvalue weighted by Crippen LogP contribution is 2.43. The predicted octanol–water partition coefficient (Wildman–Crippen LogP) is 8.06. The number of nitrogens with zero attached hydrogens (tertiary/aromatic N) is 1. The first-order chi connectivity index (χ1) is 19.9. The van der Waals surface area contributed by atoms with Crippen LogP contribution in [0.25, 0.3) is 0 Å². The molecular weight excluding hydrogens is 541 g/mol. The Morgan fingerprint density at radius 2 is 1.22 bits per heavy atom. The molecule has 1 heterocycles. The molecule has 0 aliphatic carbocycles. The van der Waals surface area contributed by atoms with E-state index in [2.05, 4.69) is 14.0 Å². The van der Waals surface area contributed by atoms with Crippen molar-refractivity contribution in [2.75, 3.05) is 72.9 Å². The summed E-state index contributed by atoms with van der Waals surface area (Å²) in [5.41, 5.74) is 0.